The van der Waals surface area contributed by atoms with Gasteiger partial charge >= 0.3 is 12.1 Å². The monoisotopic (exact) mass is 276 g/mol. The van der Waals surface area contributed by atoms with E-state index in [1.165, 1.54) is 6.92 Å². The van der Waals surface area contributed by atoms with Crippen molar-refractivity contribution in [2.75, 3.05) is 6.61 Å². The van der Waals surface area contributed by atoms with Crippen LogP contribution in [0.5, 0.6) is 0 Å². The van der Waals surface area contributed by atoms with Gasteiger partial charge in [0.25, 0.3) is 5.92 Å². The van der Waals surface area contributed by atoms with E-state index in [0.29, 0.717) is 0 Å². The van der Waals surface area contributed by atoms with Crippen LogP contribution in [0, 0.1) is 5.92 Å². The highest BCUT2D eigenvalue weighted by Gasteiger charge is 2.57. The van der Waals surface area contributed by atoms with E-state index in [4.69, 9.17) is 5.11 Å². The SMILES string of the molecule is C=C(C)C(=O)OCC(C)C(F)(F)C(O)C(F)(F)F. The predicted octanol–water partition coefficient (Wildman–Crippen LogP) is 2.30. The average molecular weight is 276 g/mol. The third-order valence-electron chi connectivity index (χ3n) is 2.14. The number of aliphatic hydroxyl groups excluding tert-OH is 1. The molecule has 8 heteroatoms. The Bertz CT molecular complexity index is 324. The highest BCUT2D eigenvalue weighted by molar-refractivity contribution is 5.86. The van der Waals surface area contributed by atoms with Crippen molar-refractivity contribution in [2.45, 2.75) is 32.1 Å². The Balaban J connectivity index is 4.62. The molecule has 0 aliphatic carbocycles. The summed E-state index contributed by atoms with van der Waals surface area (Å²) in [5, 5.41) is 8.53. The minimum atomic E-state index is -5.45. The second-order valence-electron chi connectivity index (χ2n) is 3.90. The molecule has 0 aromatic rings. The quantitative estimate of drug-likeness (QED) is 0.476. The number of hydrogen-bond acceptors (Lipinski definition) is 3. The lowest BCUT2D eigenvalue weighted by Crippen LogP contribution is -2.49. The molecular weight excluding hydrogens is 263 g/mol. The summed E-state index contributed by atoms with van der Waals surface area (Å²) in [5.41, 5.74) is -0.0677. The summed E-state index contributed by atoms with van der Waals surface area (Å²) in [4.78, 5) is 10.9. The van der Waals surface area contributed by atoms with E-state index in [1.807, 2.05) is 0 Å². The van der Waals surface area contributed by atoms with Crippen LogP contribution in [0.3, 0.4) is 0 Å². The molecule has 0 radical (unpaired) electrons. The number of ether oxygens (including phenoxy) is 1. The highest BCUT2D eigenvalue weighted by Crippen LogP contribution is 2.37. The number of carbonyl (C=O) groups is 1. The van der Waals surface area contributed by atoms with Crippen molar-refractivity contribution in [3.63, 3.8) is 0 Å². The summed E-state index contributed by atoms with van der Waals surface area (Å²) in [7, 11) is 0. The third-order valence-corrected chi connectivity index (χ3v) is 2.14. The van der Waals surface area contributed by atoms with Gasteiger partial charge < -0.3 is 9.84 Å². The van der Waals surface area contributed by atoms with Gasteiger partial charge in [0.05, 0.1) is 5.92 Å². The normalized spacial score (nSPS) is 16.0. The molecule has 0 aliphatic heterocycles. The van der Waals surface area contributed by atoms with Crippen molar-refractivity contribution < 1.29 is 36.6 Å². The minimum Gasteiger partial charge on any atom is -0.462 e. The Morgan fingerprint density at radius 3 is 2.11 bits per heavy atom. The minimum absolute atomic E-state index is 0.0677. The first-order valence-corrected chi connectivity index (χ1v) is 4.86. The lowest BCUT2D eigenvalue weighted by molar-refractivity contribution is -0.283. The molecule has 0 aliphatic rings. The lowest BCUT2D eigenvalue weighted by atomic mass is 9.99. The second-order valence-corrected chi connectivity index (χ2v) is 3.90. The van der Waals surface area contributed by atoms with Gasteiger partial charge in [0.1, 0.15) is 6.61 Å². The van der Waals surface area contributed by atoms with E-state index in [1.54, 1.807) is 0 Å². The van der Waals surface area contributed by atoms with Crippen LogP contribution in [0.25, 0.3) is 0 Å². The van der Waals surface area contributed by atoms with Gasteiger partial charge in [0, 0.05) is 5.57 Å². The van der Waals surface area contributed by atoms with Crippen molar-refractivity contribution in [1.29, 1.82) is 0 Å². The van der Waals surface area contributed by atoms with Gasteiger partial charge in [0.2, 0.25) is 6.10 Å². The molecule has 0 rings (SSSR count). The molecule has 2 atom stereocenters. The number of halogens is 5. The van der Waals surface area contributed by atoms with Gasteiger partial charge in [0.15, 0.2) is 0 Å². The first-order chi connectivity index (χ1) is 7.90. The smallest absolute Gasteiger partial charge is 0.420 e. The topological polar surface area (TPSA) is 46.5 Å². The van der Waals surface area contributed by atoms with Crippen LogP contribution < -0.4 is 0 Å². The summed E-state index contributed by atoms with van der Waals surface area (Å²) in [6, 6.07) is 0. The van der Waals surface area contributed by atoms with Crippen LogP contribution in [0.15, 0.2) is 12.2 Å². The molecule has 2 unspecified atom stereocenters. The molecule has 0 fully saturated rings. The zero-order chi connectivity index (χ0) is 14.7. The number of aliphatic hydroxyl groups is 1. The van der Waals surface area contributed by atoms with Gasteiger partial charge in [-0.2, -0.15) is 13.2 Å². The van der Waals surface area contributed by atoms with E-state index < -0.39 is 36.7 Å². The molecule has 1 N–H and O–H groups in total. The Morgan fingerprint density at radius 1 is 1.33 bits per heavy atom. The Kier molecular flexibility index (Phi) is 5.27. The summed E-state index contributed by atoms with van der Waals surface area (Å²) in [6.07, 6.45) is -9.25. The van der Waals surface area contributed by atoms with Crippen LogP contribution in [-0.2, 0) is 9.53 Å². The van der Waals surface area contributed by atoms with Crippen LogP contribution in [0.1, 0.15) is 13.8 Å². The first-order valence-electron chi connectivity index (χ1n) is 4.86. The molecule has 0 saturated heterocycles. The van der Waals surface area contributed by atoms with Crippen molar-refractivity contribution >= 4 is 5.97 Å². The fourth-order valence-electron chi connectivity index (χ4n) is 0.923. The van der Waals surface area contributed by atoms with Crippen molar-refractivity contribution in [1.82, 2.24) is 0 Å². The number of carbonyl (C=O) groups excluding carboxylic acids is 1. The number of alkyl halides is 5. The van der Waals surface area contributed by atoms with Gasteiger partial charge in [-0.05, 0) is 6.92 Å². The van der Waals surface area contributed by atoms with Crippen LogP contribution >= 0.6 is 0 Å². The Labute approximate surface area is 100 Å². The molecule has 18 heavy (non-hydrogen) atoms. The summed E-state index contributed by atoms with van der Waals surface area (Å²) >= 11 is 0. The maximum Gasteiger partial charge on any atom is 0.420 e. The van der Waals surface area contributed by atoms with Gasteiger partial charge in [-0.15, -0.1) is 0 Å². The molecule has 0 amide bonds. The van der Waals surface area contributed by atoms with E-state index in [0.717, 1.165) is 6.92 Å². The van der Waals surface area contributed by atoms with Crippen LogP contribution in [0.4, 0.5) is 22.0 Å². The molecule has 0 aromatic carbocycles. The Hall–Kier alpha value is -1.18. The zero-order valence-corrected chi connectivity index (χ0v) is 9.72. The average Bonchev–Trinajstić information content (AvgIpc) is 2.22. The van der Waals surface area contributed by atoms with Crippen molar-refractivity contribution in [2.24, 2.45) is 5.92 Å². The lowest BCUT2D eigenvalue weighted by Gasteiger charge is -2.29. The van der Waals surface area contributed by atoms with Crippen LogP contribution in [-0.4, -0.2) is 35.9 Å². The van der Waals surface area contributed by atoms with E-state index in [9.17, 15) is 26.7 Å². The van der Waals surface area contributed by atoms with Crippen molar-refractivity contribution in [3.05, 3.63) is 12.2 Å². The molecule has 0 bridgehead atoms. The maximum absolute atomic E-state index is 13.2. The Morgan fingerprint density at radius 2 is 1.78 bits per heavy atom. The van der Waals surface area contributed by atoms with Gasteiger partial charge in [-0.3, -0.25) is 0 Å². The molecule has 3 nitrogen and oxygen atoms in total. The summed E-state index contributed by atoms with van der Waals surface area (Å²) in [5.74, 6) is -7.43. The molecule has 0 heterocycles. The third kappa shape index (κ3) is 4.25. The summed E-state index contributed by atoms with van der Waals surface area (Å²) in [6.45, 7) is 4.22. The zero-order valence-electron chi connectivity index (χ0n) is 9.72. The van der Waals surface area contributed by atoms with E-state index in [-0.39, 0.29) is 5.57 Å². The molecule has 0 spiro atoms. The molecule has 0 aromatic heterocycles. The molecular formula is C10H13F5O3. The molecule has 106 valence electrons. The summed E-state index contributed by atoms with van der Waals surface area (Å²) < 4.78 is 66.6. The maximum atomic E-state index is 13.2. The van der Waals surface area contributed by atoms with Crippen LogP contribution in [0.2, 0.25) is 0 Å². The standard InChI is InChI=1S/C10H13F5O3/c1-5(2)7(16)18-4-6(3)9(11,12)8(17)10(13,14)15/h6,8,17H,1,4H2,2-3H3. The van der Waals surface area contributed by atoms with Gasteiger partial charge in [-0.1, -0.05) is 13.5 Å². The number of hydrogen-bond donors (Lipinski definition) is 1. The fourth-order valence-corrected chi connectivity index (χ4v) is 0.923. The fraction of sp³-hybridized carbons (Fsp3) is 0.700. The van der Waals surface area contributed by atoms with E-state index in [2.05, 4.69) is 11.3 Å². The second kappa shape index (κ2) is 5.64. The number of rotatable bonds is 5. The largest absolute Gasteiger partial charge is 0.462 e. The van der Waals surface area contributed by atoms with Gasteiger partial charge in [-0.25, -0.2) is 13.6 Å². The number of esters is 1. The highest BCUT2D eigenvalue weighted by atomic mass is 19.4. The predicted molar refractivity (Wildman–Crippen MR) is 51.9 cm³/mol. The van der Waals surface area contributed by atoms with Crippen molar-refractivity contribution in [3.8, 4) is 0 Å². The molecule has 0 saturated carbocycles. The first kappa shape index (κ1) is 16.8. The van der Waals surface area contributed by atoms with E-state index >= 15 is 0 Å².